The van der Waals surface area contributed by atoms with Crippen LogP contribution in [0.4, 0.5) is 5.69 Å². The highest BCUT2D eigenvalue weighted by Crippen LogP contribution is 2.11. The Morgan fingerprint density at radius 2 is 1.60 bits per heavy atom. The van der Waals surface area contributed by atoms with Crippen LogP contribution >= 0.6 is 0 Å². The number of rotatable bonds is 4. The molecule has 0 unspecified atom stereocenters. The number of pyridine rings is 1. The first kappa shape index (κ1) is 12.3. The molecule has 0 fully saturated rings. The Balaban J connectivity index is 1.69. The van der Waals surface area contributed by atoms with Crippen molar-refractivity contribution in [1.82, 2.24) is 15.1 Å². The third kappa shape index (κ3) is 3.00. The van der Waals surface area contributed by atoms with Gasteiger partial charge in [0.15, 0.2) is 5.82 Å². The smallest absolute Gasteiger partial charge is 0.231 e. The van der Waals surface area contributed by atoms with Gasteiger partial charge in [0, 0.05) is 24.5 Å². The van der Waals surface area contributed by atoms with Gasteiger partial charge in [0.2, 0.25) is 5.89 Å². The lowest BCUT2D eigenvalue weighted by atomic mass is 10.1. The van der Waals surface area contributed by atoms with Crippen molar-refractivity contribution in [1.29, 1.82) is 0 Å². The molecular formula is C15H14N4O. The van der Waals surface area contributed by atoms with E-state index in [1.54, 1.807) is 12.4 Å². The third-order valence-corrected chi connectivity index (χ3v) is 2.96. The van der Waals surface area contributed by atoms with Crippen LogP contribution in [0.25, 0.3) is 0 Å². The van der Waals surface area contributed by atoms with E-state index >= 15 is 0 Å². The number of hydrogen-bond acceptors (Lipinski definition) is 5. The van der Waals surface area contributed by atoms with Crippen LogP contribution in [0, 0.1) is 0 Å². The van der Waals surface area contributed by atoms with E-state index in [0.717, 1.165) is 16.8 Å². The zero-order valence-corrected chi connectivity index (χ0v) is 10.9. The van der Waals surface area contributed by atoms with Crippen molar-refractivity contribution in [2.45, 2.75) is 12.8 Å². The fourth-order valence-electron chi connectivity index (χ4n) is 1.93. The van der Waals surface area contributed by atoms with E-state index in [9.17, 15) is 0 Å². The molecule has 20 heavy (non-hydrogen) atoms. The molecule has 0 bridgehead atoms. The van der Waals surface area contributed by atoms with Gasteiger partial charge in [-0.3, -0.25) is 4.98 Å². The van der Waals surface area contributed by atoms with Gasteiger partial charge >= 0.3 is 0 Å². The summed E-state index contributed by atoms with van der Waals surface area (Å²) in [6.07, 6.45) is 4.77. The number of nitrogens with two attached hydrogens (primary N) is 1. The van der Waals surface area contributed by atoms with Crippen molar-refractivity contribution >= 4 is 5.69 Å². The van der Waals surface area contributed by atoms with Crippen LogP contribution in [0.3, 0.4) is 0 Å². The standard InChI is InChI=1S/C15H14N4O/c16-13-3-1-11(2-4-13)10-15-18-14(19-20-15)9-12-5-7-17-8-6-12/h1-8H,9-10,16H2. The zero-order chi connectivity index (χ0) is 13.8. The Bertz CT molecular complexity index is 677. The SMILES string of the molecule is Nc1ccc(Cc2nc(Cc3ccncc3)no2)cc1. The molecule has 2 N–H and O–H groups in total. The van der Waals surface area contributed by atoms with E-state index in [1.807, 2.05) is 36.4 Å². The van der Waals surface area contributed by atoms with Crippen LogP contribution in [0.2, 0.25) is 0 Å². The lowest BCUT2D eigenvalue weighted by molar-refractivity contribution is 0.380. The lowest BCUT2D eigenvalue weighted by Gasteiger charge is -1.97. The van der Waals surface area contributed by atoms with Gasteiger partial charge in [0.25, 0.3) is 0 Å². The topological polar surface area (TPSA) is 77.8 Å². The quantitative estimate of drug-likeness (QED) is 0.733. The summed E-state index contributed by atoms with van der Waals surface area (Å²) in [6, 6.07) is 11.5. The number of anilines is 1. The molecule has 2 heterocycles. The number of aromatic nitrogens is 3. The highest BCUT2D eigenvalue weighted by Gasteiger charge is 2.07. The molecule has 0 aliphatic carbocycles. The summed E-state index contributed by atoms with van der Waals surface area (Å²) in [7, 11) is 0. The van der Waals surface area contributed by atoms with E-state index < -0.39 is 0 Å². The highest BCUT2D eigenvalue weighted by atomic mass is 16.5. The highest BCUT2D eigenvalue weighted by molar-refractivity contribution is 5.39. The first-order valence-corrected chi connectivity index (χ1v) is 6.34. The van der Waals surface area contributed by atoms with E-state index in [4.69, 9.17) is 10.3 Å². The van der Waals surface area contributed by atoms with Crippen LogP contribution in [0.5, 0.6) is 0 Å². The molecule has 2 aromatic heterocycles. The molecule has 0 atom stereocenters. The van der Waals surface area contributed by atoms with Crippen LogP contribution in [0.15, 0.2) is 53.3 Å². The number of hydrogen-bond donors (Lipinski definition) is 1. The molecule has 0 radical (unpaired) electrons. The second-order valence-electron chi connectivity index (χ2n) is 4.55. The first-order chi connectivity index (χ1) is 9.79. The zero-order valence-electron chi connectivity index (χ0n) is 10.9. The average molecular weight is 266 g/mol. The maximum Gasteiger partial charge on any atom is 0.231 e. The molecule has 0 aliphatic heterocycles. The van der Waals surface area contributed by atoms with Crippen molar-refractivity contribution in [2.24, 2.45) is 0 Å². The second-order valence-corrected chi connectivity index (χ2v) is 4.55. The minimum atomic E-state index is 0.610. The van der Waals surface area contributed by atoms with E-state index in [1.165, 1.54) is 0 Å². The Morgan fingerprint density at radius 1 is 0.900 bits per heavy atom. The van der Waals surface area contributed by atoms with Crippen LogP contribution < -0.4 is 5.73 Å². The summed E-state index contributed by atoms with van der Waals surface area (Å²) in [6.45, 7) is 0. The third-order valence-electron chi connectivity index (χ3n) is 2.96. The van der Waals surface area contributed by atoms with Crippen LogP contribution in [-0.2, 0) is 12.8 Å². The van der Waals surface area contributed by atoms with Crippen molar-refractivity contribution in [2.75, 3.05) is 5.73 Å². The van der Waals surface area contributed by atoms with Crippen molar-refractivity contribution in [3.63, 3.8) is 0 Å². The normalized spacial score (nSPS) is 10.6. The van der Waals surface area contributed by atoms with Gasteiger partial charge < -0.3 is 10.3 Å². The molecule has 100 valence electrons. The second kappa shape index (κ2) is 5.52. The molecule has 3 rings (SSSR count). The molecule has 0 saturated heterocycles. The fraction of sp³-hybridized carbons (Fsp3) is 0.133. The maximum atomic E-state index is 5.65. The largest absolute Gasteiger partial charge is 0.399 e. The molecule has 0 spiro atoms. The number of nitrogen functional groups attached to an aromatic ring is 1. The summed E-state index contributed by atoms with van der Waals surface area (Å²) < 4.78 is 5.26. The van der Waals surface area contributed by atoms with Crippen molar-refractivity contribution in [3.05, 3.63) is 71.6 Å². The summed E-state index contributed by atoms with van der Waals surface area (Å²) in [5.41, 5.74) is 8.61. The Morgan fingerprint density at radius 3 is 2.35 bits per heavy atom. The van der Waals surface area contributed by atoms with Gasteiger partial charge in [0.05, 0.1) is 6.42 Å². The van der Waals surface area contributed by atoms with E-state index in [-0.39, 0.29) is 0 Å². The van der Waals surface area contributed by atoms with Crippen LogP contribution in [-0.4, -0.2) is 15.1 Å². The fourth-order valence-corrected chi connectivity index (χ4v) is 1.93. The van der Waals surface area contributed by atoms with Gasteiger partial charge in [-0.05, 0) is 35.4 Å². The summed E-state index contributed by atoms with van der Waals surface area (Å²) in [4.78, 5) is 8.37. The van der Waals surface area contributed by atoms with E-state index in [0.29, 0.717) is 24.6 Å². The Kier molecular flexibility index (Phi) is 3.41. The van der Waals surface area contributed by atoms with Crippen molar-refractivity contribution in [3.8, 4) is 0 Å². The summed E-state index contributed by atoms with van der Waals surface area (Å²) in [5.74, 6) is 1.29. The van der Waals surface area contributed by atoms with Crippen LogP contribution in [0.1, 0.15) is 22.8 Å². The Hall–Kier alpha value is -2.69. The summed E-state index contributed by atoms with van der Waals surface area (Å²) in [5, 5.41) is 3.99. The van der Waals surface area contributed by atoms with Gasteiger partial charge in [-0.15, -0.1) is 0 Å². The van der Waals surface area contributed by atoms with Gasteiger partial charge in [0.1, 0.15) is 0 Å². The van der Waals surface area contributed by atoms with Gasteiger partial charge in [-0.1, -0.05) is 17.3 Å². The van der Waals surface area contributed by atoms with Gasteiger partial charge in [-0.2, -0.15) is 4.98 Å². The Labute approximate surface area is 116 Å². The molecular weight excluding hydrogens is 252 g/mol. The maximum absolute atomic E-state index is 5.65. The lowest BCUT2D eigenvalue weighted by Crippen LogP contribution is -1.93. The summed E-state index contributed by atoms with van der Waals surface area (Å²) >= 11 is 0. The predicted molar refractivity (Wildman–Crippen MR) is 75.0 cm³/mol. The minimum Gasteiger partial charge on any atom is -0.399 e. The molecule has 5 nitrogen and oxygen atoms in total. The first-order valence-electron chi connectivity index (χ1n) is 6.34. The van der Waals surface area contributed by atoms with Crippen molar-refractivity contribution < 1.29 is 4.52 Å². The predicted octanol–water partition coefficient (Wildman–Crippen LogP) is 2.23. The molecule has 0 saturated carbocycles. The molecule has 5 heteroatoms. The van der Waals surface area contributed by atoms with E-state index in [2.05, 4.69) is 15.1 Å². The number of nitrogens with zero attached hydrogens (tertiary/aromatic N) is 3. The number of benzene rings is 1. The molecule has 3 aromatic rings. The molecule has 0 amide bonds. The minimum absolute atomic E-state index is 0.610. The average Bonchev–Trinajstić information content (AvgIpc) is 2.90. The monoisotopic (exact) mass is 266 g/mol. The molecule has 0 aliphatic rings. The molecule has 1 aromatic carbocycles. The van der Waals surface area contributed by atoms with Gasteiger partial charge in [-0.25, -0.2) is 0 Å².